The van der Waals surface area contributed by atoms with Gasteiger partial charge >= 0.3 is 0 Å². The van der Waals surface area contributed by atoms with E-state index in [4.69, 9.17) is 5.26 Å². The highest BCUT2D eigenvalue weighted by Gasteiger charge is 2.17. The summed E-state index contributed by atoms with van der Waals surface area (Å²) in [7, 11) is 0. The molecule has 0 spiro atoms. The Morgan fingerprint density at radius 2 is 1.70 bits per heavy atom. The molecule has 0 saturated heterocycles. The Morgan fingerprint density at radius 1 is 0.967 bits per heavy atom. The van der Waals surface area contributed by atoms with Crippen LogP contribution in [-0.4, -0.2) is 15.7 Å². The number of carbonyl (C=O) groups excluding carboxylic acids is 1. The molecule has 7 heteroatoms. The molecule has 146 valence electrons. The van der Waals surface area contributed by atoms with Gasteiger partial charge in [-0.15, -0.1) is 0 Å². The van der Waals surface area contributed by atoms with Crippen LogP contribution >= 0.6 is 0 Å². The Balaban J connectivity index is 1.75. The largest absolute Gasteiger partial charge is 0.306 e. The molecule has 0 aliphatic carbocycles. The van der Waals surface area contributed by atoms with Crippen LogP contribution in [0.4, 0.5) is 14.6 Å². The standard InChI is InChI=1S/C23H14F2N4O/c24-17-8-11-19(20(25)12-17)23(30)27-22-13-21(16-4-2-1-3-5-16)28-29(22)18-9-6-15(14-26)7-10-18/h1-13H,(H,27,30). The van der Waals surface area contributed by atoms with Crippen LogP contribution in [0.2, 0.25) is 0 Å². The van der Waals surface area contributed by atoms with E-state index in [2.05, 4.69) is 10.4 Å². The Bertz CT molecular complexity index is 1260. The second kappa shape index (κ2) is 7.97. The van der Waals surface area contributed by atoms with Gasteiger partial charge in [0.05, 0.1) is 28.6 Å². The summed E-state index contributed by atoms with van der Waals surface area (Å²) >= 11 is 0. The second-order valence-corrected chi connectivity index (χ2v) is 6.43. The Hall–Kier alpha value is -4.31. The maximum Gasteiger partial charge on any atom is 0.259 e. The predicted molar refractivity (Wildman–Crippen MR) is 108 cm³/mol. The van der Waals surface area contributed by atoms with Crippen LogP contribution in [0.1, 0.15) is 15.9 Å². The first-order valence-electron chi connectivity index (χ1n) is 8.97. The topological polar surface area (TPSA) is 70.7 Å². The van der Waals surface area contributed by atoms with Crippen molar-refractivity contribution in [3.63, 3.8) is 0 Å². The van der Waals surface area contributed by atoms with Crippen LogP contribution in [-0.2, 0) is 0 Å². The lowest BCUT2D eigenvalue weighted by Crippen LogP contribution is -2.16. The number of nitrogens with zero attached hydrogens (tertiary/aromatic N) is 3. The van der Waals surface area contributed by atoms with Crippen LogP contribution in [0.3, 0.4) is 0 Å². The lowest BCUT2D eigenvalue weighted by Gasteiger charge is -2.09. The van der Waals surface area contributed by atoms with E-state index in [0.717, 1.165) is 17.7 Å². The summed E-state index contributed by atoms with van der Waals surface area (Å²) in [5.41, 5.74) is 2.22. The van der Waals surface area contributed by atoms with Crippen molar-refractivity contribution in [2.24, 2.45) is 0 Å². The molecule has 1 N–H and O–H groups in total. The number of nitrogens with one attached hydrogen (secondary N) is 1. The fraction of sp³-hybridized carbons (Fsp3) is 0. The minimum Gasteiger partial charge on any atom is -0.306 e. The van der Waals surface area contributed by atoms with Crippen LogP contribution < -0.4 is 5.32 Å². The van der Waals surface area contributed by atoms with Gasteiger partial charge < -0.3 is 5.32 Å². The van der Waals surface area contributed by atoms with Gasteiger partial charge in [-0.2, -0.15) is 10.4 Å². The molecule has 1 amide bonds. The van der Waals surface area contributed by atoms with Crippen LogP contribution in [0.25, 0.3) is 16.9 Å². The van der Waals surface area contributed by atoms with Gasteiger partial charge in [0.1, 0.15) is 17.5 Å². The zero-order chi connectivity index (χ0) is 21.1. The van der Waals surface area contributed by atoms with Crippen molar-refractivity contribution < 1.29 is 13.6 Å². The highest BCUT2D eigenvalue weighted by molar-refractivity contribution is 6.04. The van der Waals surface area contributed by atoms with E-state index in [0.29, 0.717) is 28.8 Å². The number of carbonyl (C=O) groups is 1. The van der Waals surface area contributed by atoms with Crippen molar-refractivity contribution in [3.8, 4) is 23.0 Å². The smallest absolute Gasteiger partial charge is 0.259 e. The second-order valence-electron chi connectivity index (χ2n) is 6.43. The molecule has 3 aromatic carbocycles. The van der Waals surface area contributed by atoms with Crippen LogP contribution in [0, 0.1) is 23.0 Å². The molecule has 4 rings (SSSR count). The average Bonchev–Trinajstić information content (AvgIpc) is 3.18. The van der Waals surface area contributed by atoms with Gasteiger partial charge in [-0.1, -0.05) is 30.3 Å². The number of hydrogen-bond donors (Lipinski definition) is 1. The Kier molecular flexibility index (Phi) is 5.06. The number of anilines is 1. The Labute approximate surface area is 170 Å². The molecule has 0 atom stereocenters. The van der Waals surface area contributed by atoms with Gasteiger partial charge in [0, 0.05) is 17.7 Å². The molecule has 0 fully saturated rings. The molecule has 5 nitrogen and oxygen atoms in total. The summed E-state index contributed by atoms with van der Waals surface area (Å²) in [6.07, 6.45) is 0. The summed E-state index contributed by atoms with van der Waals surface area (Å²) in [6.45, 7) is 0. The van der Waals surface area contributed by atoms with Crippen molar-refractivity contribution >= 4 is 11.7 Å². The number of aromatic nitrogens is 2. The molecule has 1 aromatic heterocycles. The van der Waals surface area contributed by atoms with Gasteiger partial charge in [-0.3, -0.25) is 4.79 Å². The molecular formula is C23H14F2N4O. The van der Waals surface area contributed by atoms with Crippen molar-refractivity contribution in [2.45, 2.75) is 0 Å². The summed E-state index contributed by atoms with van der Waals surface area (Å²) in [6, 6.07) is 22.4. The van der Waals surface area contributed by atoms with E-state index < -0.39 is 17.5 Å². The van der Waals surface area contributed by atoms with Gasteiger partial charge in [-0.25, -0.2) is 13.5 Å². The van der Waals surface area contributed by atoms with Gasteiger partial charge in [0.15, 0.2) is 0 Å². The lowest BCUT2D eigenvalue weighted by atomic mass is 10.1. The van der Waals surface area contributed by atoms with Crippen LogP contribution in [0.15, 0.2) is 78.9 Å². The lowest BCUT2D eigenvalue weighted by molar-refractivity contribution is 0.102. The molecule has 0 aliphatic heterocycles. The zero-order valence-corrected chi connectivity index (χ0v) is 15.5. The average molecular weight is 400 g/mol. The van der Waals surface area contributed by atoms with Crippen molar-refractivity contribution in [2.75, 3.05) is 5.32 Å². The molecular weight excluding hydrogens is 386 g/mol. The first kappa shape index (κ1) is 19.0. The number of hydrogen-bond acceptors (Lipinski definition) is 3. The quantitative estimate of drug-likeness (QED) is 0.527. The molecule has 0 unspecified atom stereocenters. The predicted octanol–water partition coefficient (Wildman–Crippen LogP) is 4.94. The number of rotatable bonds is 4. The van der Waals surface area contributed by atoms with E-state index in [-0.39, 0.29) is 5.56 Å². The molecule has 30 heavy (non-hydrogen) atoms. The van der Waals surface area contributed by atoms with Gasteiger partial charge in [0.2, 0.25) is 0 Å². The minimum atomic E-state index is -0.958. The van der Waals surface area contributed by atoms with E-state index in [9.17, 15) is 13.6 Å². The molecule has 4 aromatic rings. The normalized spacial score (nSPS) is 10.4. The molecule has 0 saturated carbocycles. The monoisotopic (exact) mass is 400 g/mol. The third kappa shape index (κ3) is 3.80. The van der Waals surface area contributed by atoms with E-state index in [1.807, 2.05) is 36.4 Å². The van der Waals surface area contributed by atoms with Gasteiger partial charge in [0.25, 0.3) is 5.91 Å². The maximum absolute atomic E-state index is 14.0. The Morgan fingerprint density at radius 3 is 2.37 bits per heavy atom. The maximum atomic E-state index is 14.0. The summed E-state index contributed by atoms with van der Waals surface area (Å²) in [5, 5.41) is 16.2. The third-order valence-corrected chi connectivity index (χ3v) is 4.44. The molecule has 0 radical (unpaired) electrons. The SMILES string of the molecule is N#Cc1ccc(-n2nc(-c3ccccc3)cc2NC(=O)c2ccc(F)cc2F)cc1. The highest BCUT2D eigenvalue weighted by atomic mass is 19.1. The van der Waals surface area contributed by atoms with Gasteiger partial charge in [-0.05, 0) is 36.4 Å². The van der Waals surface area contributed by atoms with Crippen LogP contribution in [0.5, 0.6) is 0 Å². The number of amides is 1. The van der Waals surface area contributed by atoms with Crippen molar-refractivity contribution in [1.29, 1.82) is 5.26 Å². The fourth-order valence-corrected chi connectivity index (χ4v) is 2.95. The molecule has 0 bridgehead atoms. The number of benzene rings is 3. The summed E-state index contributed by atoms with van der Waals surface area (Å²) in [5.74, 6) is -2.16. The molecule has 1 heterocycles. The zero-order valence-electron chi connectivity index (χ0n) is 15.5. The fourth-order valence-electron chi connectivity index (χ4n) is 2.95. The first-order valence-corrected chi connectivity index (χ1v) is 8.97. The minimum absolute atomic E-state index is 0.287. The molecule has 0 aliphatic rings. The number of nitriles is 1. The summed E-state index contributed by atoms with van der Waals surface area (Å²) < 4.78 is 28.7. The van der Waals surface area contributed by atoms with E-state index in [1.54, 1.807) is 30.3 Å². The third-order valence-electron chi connectivity index (χ3n) is 4.44. The number of halogens is 2. The highest BCUT2D eigenvalue weighted by Crippen LogP contribution is 2.25. The van der Waals surface area contributed by atoms with E-state index >= 15 is 0 Å². The first-order chi connectivity index (χ1) is 14.5. The van der Waals surface area contributed by atoms with E-state index in [1.165, 1.54) is 4.68 Å². The van der Waals surface area contributed by atoms with Crippen molar-refractivity contribution in [1.82, 2.24) is 9.78 Å². The summed E-state index contributed by atoms with van der Waals surface area (Å²) in [4.78, 5) is 12.6. The van der Waals surface area contributed by atoms with Crippen molar-refractivity contribution in [3.05, 3.63) is 102 Å².